The summed E-state index contributed by atoms with van der Waals surface area (Å²) in [6.45, 7) is 0.586. The Balaban J connectivity index is 1.81. The Hall–Kier alpha value is -1.62. The summed E-state index contributed by atoms with van der Waals surface area (Å²) in [5.74, 6) is 5.87. The van der Waals surface area contributed by atoms with Crippen molar-refractivity contribution >= 4 is 5.96 Å². The molecule has 0 bridgehead atoms. The van der Waals surface area contributed by atoms with E-state index < -0.39 is 0 Å². The Labute approximate surface area is 113 Å². The van der Waals surface area contributed by atoms with E-state index in [1.165, 1.54) is 37.8 Å². The average molecular weight is 264 g/mol. The highest BCUT2D eigenvalue weighted by atomic mass is 19.1. The molecule has 0 unspecified atom stereocenters. The lowest BCUT2D eigenvalue weighted by atomic mass is 10.1. The fraction of sp³-hybridized carbons (Fsp3) is 0.500. The summed E-state index contributed by atoms with van der Waals surface area (Å²) < 4.78 is 13.0. The second-order valence-corrected chi connectivity index (χ2v) is 4.88. The first-order valence-corrected chi connectivity index (χ1v) is 6.80. The van der Waals surface area contributed by atoms with Gasteiger partial charge in [-0.25, -0.2) is 10.2 Å². The number of aliphatic imine (C=N–C) groups is 1. The molecule has 0 spiro atoms. The zero-order valence-corrected chi connectivity index (χ0v) is 11.0. The smallest absolute Gasteiger partial charge is 0.205 e. The molecule has 104 valence electrons. The first kappa shape index (κ1) is 13.8. The summed E-state index contributed by atoms with van der Waals surface area (Å²) in [6, 6.07) is 7.08. The van der Waals surface area contributed by atoms with Crippen molar-refractivity contribution in [3.8, 4) is 0 Å². The van der Waals surface area contributed by atoms with Crippen molar-refractivity contribution in [2.75, 3.05) is 6.54 Å². The molecule has 2 rings (SSSR count). The van der Waals surface area contributed by atoms with Crippen molar-refractivity contribution in [2.45, 2.75) is 38.1 Å². The summed E-state index contributed by atoms with van der Waals surface area (Å²) in [6.07, 6.45) is 5.57. The van der Waals surface area contributed by atoms with Gasteiger partial charge in [0.05, 0.1) is 0 Å². The van der Waals surface area contributed by atoms with Crippen LogP contribution in [0.3, 0.4) is 0 Å². The first-order valence-electron chi connectivity index (χ1n) is 6.80. The Bertz CT molecular complexity index is 427. The molecule has 0 amide bonds. The summed E-state index contributed by atoms with van der Waals surface area (Å²) in [5.41, 5.74) is 3.54. The molecule has 1 aromatic carbocycles. The number of nitrogens with zero attached hydrogens (tertiary/aromatic N) is 1. The van der Waals surface area contributed by atoms with Crippen molar-refractivity contribution in [1.29, 1.82) is 0 Å². The van der Waals surface area contributed by atoms with Gasteiger partial charge < -0.3 is 5.32 Å². The third-order valence-electron chi connectivity index (χ3n) is 3.39. The first-order chi connectivity index (χ1) is 9.28. The molecular formula is C14H21FN4. The van der Waals surface area contributed by atoms with Gasteiger partial charge in [0.1, 0.15) is 5.82 Å². The van der Waals surface area contributed by atoms with Crippen LogP contribution in [0, 0.1) is 5.82 Å². The van der Waals surface area contributed by atoms with Crippen LogP contribution in [-0.4, -0.2) is 18.5 Å². The molecule has 0 saturated heterocycles. The number of hydrogen-bond acceptors (Lipinski definition) is 2. The second kappa shape index (κ2) is 7.09. The Kier molecular flexibility index (Phi) is 5.15. The zero-order chi connectivity index (χ0) is 13.5. The van der Waals surface area contributed by atoms with E-state index in [2.05, 4.69) is 15.7 Å². The van der Waals surface area contributed by atoms with Gasteiger partial charge in [-0.3, -0.25) is 10.4 Å². The minimum atomic E-state index is -0.206. The van der Waals surface area contributed by atoms with Gasteiger partial charge in [0.25, 0.3) is 0 Å². The summed E-state index contributed by atoms with van der Waals surface area (Å²) in [5, 5.41) is 3.30. The highest BCUT2D eigenvalue weighted by molar-refractivity contribution is 5.79. The lowest BCUT2D eigenvalue weighted by Gasteiger charge is -2.14. The van der Waals surface area contributed by atoms with E-state index in [1.807, 2.05) is 6.07 Å². The van der Waals surface area contributed by atoms with Crippen molar-refractivity contribution in [2.24, 2.45) is 10.8 Å². The number of hydrogen-bond donors (Lipinski definition) is 3. The van der Waals surface area contributed by atoms with Crippen LogP contribution < -0.4 is 16.6 Å². The molecule has 0 radical (unpaired) electrons. The minimum absolute atomic E-state index is 0.206. The van der Waals surface area contributed by atoms with Crippen molar-refractivity contribution < 1.29 is 4.39 Å². The number of halogens is 1. The quantitative estimate of drug-likeness (QED) is 0.336. The number of guanidine groups is 1. The molecule has 1 aromatic rings. The summed E-state index contributed by atoms with van der Waals surface area (Å²) in [4.78, 5) is 4.38. The molecule has 1 fully saturated rings. The third-order valence-corrected chi connectivity index (χ3v) is 3.39. The highest BCUT2D eigenvalue weighted by Gasteiger charge is 2.15. The standard InChI is InChI=1S/C14H21FN4/c15-12-5-3-4-11(10-12)8-9-17-14(19-16)18-13-6-1-2-7-13/h3-5,10,13H,1-2,6-9,16H2,(H2,17,18,19). The second-order valence-electron chi connectivity index (χ2n) is 4.88. The van der Waals surface area contributed by atoms with Crippen LogP contribution in [0.15, 0.2) is 29.3 Å². The molecule has 4 nitrogen and oxygen atoms in total. The van der Waals surface area contributed by atoms with Gasteiger partial charge in [-0.1, -0.05) is 25.0 Å². The monoisotopic (exact) mass is 264 g/mol. The van der Waals surface area contributed by atoms with Gasteiger partial charge in [-0.2, -0.15) is 0 Å². The molecule has 0 aliphatic heterocycles. The van der Waals surface area contributed by atoms with Gasteiger partial charge >= 0.3 is 0 Å². The molecule has 0 aromatic heterocycles. The van der Waals surface area contributed by atoms with Gasteiger partial charge in [0.15, 0.2) is 0 Å². The van der Waals surface area contributed by atoms with Gasteiger partial charge in [0, 0.05) is 12.6 Å². The molecule has 5 heteroatoms. The summed E-state index contributed by atoms with van der Waals surface area (Å²) >= 11 is 0. The van der Waals surface area contributed by atoms with Crippen LogP contribution in [0.2, 0.25) is 0 Å². The molecule has 0 heterocycles. The highest BCUT2D eigenvalue weighted by Crippen LogP contribution is 2.17. The van der Waals surface area contributed by atoms with Gasteiger partial charge in [0.2, 0.25) is 5.96 Å². The number of nitrogens with one attached hydrogen (secondary N) is 2. The fourth-order valence-corrected chi connectivity index (χ4v) is 2.39. The molecule has 19 heavy (non-hydrogen) atoms. The fourth-order valence-electron chi connectivity index (χ4n) is 2.39. The van der Waals surface area contributed by atoms with Crippen molar-refractivity contribution in [3.05, 3.63) is 35.6 Å². The van der Waals surface area contributed by atoms with E-state index in [0.717, 1.165) is 5.56 Å². The molecular weight excluding hydrogens is 243 g/mol. The number of rotatable bonds is 4. The zero-order valence-electron chi connectivity index (χ0n) is 11.0. The SMILES string of the molecule is NNC(=NCCc1cccc(F)c1)NC1CCCC1. The predicted molar refractivity (Wildman–Crippen MR) is 75.1 cm³/mol. The Morgan fingerprint density at radius 1 is 1.37 bits per heavy atom. The maximum atomic E-state index is 13.0. The number of benzene rings is 1. The van der Waals surface area contributed by atoms with Crippen molar-refractivity contribution in [3.63, 3.8) is 0 Å². The topological polar surface area (TPSA) is 62.4 Å². The van der Waals surface area contributed by atoms with E-state index in [-0.39, 0.29) is 5.82 Å². The predicted octanol–water partition coefficient (Wildman–Crippen LogP) is 1.72. The van der Waals surface area contributed by atoms with Crippen LogP contribution >= 0.6 is 0 Å². The molecule has 1 aliphatic carbocycles. The largest absolute Gasteiger partial charge is 0.353 e. The lowest BCUT2D eigenvalue weighted by molar-refractivity contribution is 0.614. The Morgan fingerprint density at radius 2 is 2.16 bits per heavy atom. The maximum absolute atomic E-state index is 13.0. The van der Waals surface area contributed by atoms with Crippen LogP contribution in [0.4, 0.5) is 4.39 Å². The number of hydrazine groups is 1. The van der Waals surface area contributed by atoms with E-state index in [1.54, 1.807) is 6.07 Å². The normalized spacial score (nSPS) is 16.6. The van der Waals surface area contributed by atoms with Gasteiger partial charge in [-0.15, -0.1) is 0 Å². The average Bonchev–Trinajstić information content (AvgIpc) is 2.90. The van der Waals surface area contributed by atoms with Gasteiger partial charge in [-0.05, 0) is 37.0 Å². The van der Waals surface area contributed by atoms with E-state index >= 15 is 0 Å². The third kappa shape index (κ3) is 4.52. The molecule has 1 saturated carbocycles. The van der Waals surface area contributed by atoms with Crippen LogP contribution in [0.5, 0.6) is 0 Å². The molecule has 4 N–H and O–H groups in total. The molecule has 1 aliphatic rings. The van der Waals surface area contributed by atoms with E-state index in [9.17, 15) is 4.39 Å². The van der Waals surface area contributed by atoms with Crippen molar-refractivity contribution in [1.82, 2.24) is 10.7 Å². The maximum Gasteiger partial charge on any atom is 0.205 e. The number of nitrogens with two attached hydrogens (primary N) is 1. The lowest BCUT2D eigenvalue weighted by Crippen LogP contribution is -2.45. The van der Waals surface area contributed by atoms with E-state index in [4.69, 9.17) is 5.84 Å². The molecule has 0 atom stereocenters. The minimum Gasteiger partial charge on any atom is -0.353 e. The summed E-state index contributed by atoms with van der Waals surface area (Å²) in [7, 11) is 0. The van der Waals surface area contributed by atoms with Crippen LogP contribution in [0.25, 0.3) is 0 Å². The van der Waals surface area contributed by atoms with E-state index in [0.29, 0.717) is 25.0 Å². The van der Waals surface area contributed by atoms with Crippen LogP contribution in [-0.2, 0) is 6.42 Å². The Morgan fingerprint density at radius 3 is 2.84 bits per heavy atom. The van der Waals surface area contributed by atoms with Crippen LogP contribution in [0.1, 0.15) is 31.2 Å².